The van der Waals surface area contributed by atoms with Crippen LogP contribution in [-0.2, 0) is 0 Å². The standard InChI is InChI=1S/C14H12ClNO3/c15-6-8-7-16(14(18)19)11-5-12(17)9-3-1-2-4-10(9)13(8)11/h1-5,8,17H,6-7H2,(H,18,19)/t8-/m1/s1. The first-order valence-electron chi connectivity index (χ1n) is 5.94. The number of alkyl halides is 1. The van der Waals surface area contributed by atoms with Gasteiger partial charge in [-0.05, 0) is 10.9 Å². The van der Waals surface area contributed by atoms with Gasteiger partial charge in [0.05, 0.1) is 5.69 Å². The molecular weight excluding hydrogens is 266 g/mol. The van der Waals surface area contributed by atoms with Crippen molar-refractivity contribution in [3.8, 4) is 5.75 Å². The third kappa shape index (κ3) is 1.71. The van der Waals surface area contributed by atoms with Crippen LogP contribution in [0.3, 0.4) is 0 Å². The van der Waals surface area contributed by atoms with E-state index in [1.807, 2.05) is 24.3 Å². The number of aromatic hydroxyl groups is 1. The molecule has 1 heterocycles. The van der Waals surface area contributed by atoms with Crippen LogP contribution in [0.1, 0.15) is 11.5 Å². The van der Waals surface area contributed by atoms with Gasteiger partial charge in [-0.2, -0.15) is 0 Å². The van der Waals surface area contributed by atoms with Crippen molar-refractivity contribution < 1.29 is 15.0 Å². The fraction of sp³-hybridized carbons (Fsp3) is 0.214. The van der Waals surface area contributed by atoms with Gasteiger partial charge in [-0.3, -0.25) is 4.90 Å². The number of nitrogens with zero attached hydrogens (tertiary/aromatic N) is 1. The Balaban J connectivity index is 2.34. The van der Waals surface area contributed by atoms with E-state index in [1.54, 1.807) is 0 Å². The lowest BCUT2D eigenvalue weighted by molar-refractivity contribution is 0.202. The molecule has 1 aliphatic heterocycles. The SMILES string of the molecule is O=C(O)N1C[C@@H](CCl)c2c1cc(O)c1ccccc21. The lowest BCUT2D eigenvalue weighted by Crippen LogP contribution is -2.28. The molecule has 1 amide bonds. The molecule has 0 unspecified atom stereocenters. The fourth-order valence-electron chi connectivity index (χ4n) is 2.73. The molecule has 0 aliphatic carbocycles. The van der Waals surface area contributed by atoms with Gasteiger partial charge in [-0.1, -0.05) is 24.3 Å². The van der Waals surface area contributed by atoms with E-state index >= 15 is 0 Å². The van der Waals surface area contributed by atoms with Gasteiger partial charge < -0.3 is 10.2 Å². The second-order valence-electron chi connectivity index (χ2n) is 4.62. The number of amides is 1. The van der Waals surface area contributed by atoms with Crippen molar-refractivity contribution in [2.45, 2.75) is 5.92 Å². The molecule has 0 saturated heterocycles. The Bertz CT molecular complexity index is 671. The number of benzene rings is 2. The molecule has 2 N–H and O–H groups in total. The number of carbonyl (C=O) groups is 1. The average molecular weight is 278 g/mol. The van der Waals surface area contributed by atoms with Crippen LogP contribution in [0.15, 0.2) is 30.3 Å². The van der Waals surface area contributed by atoms with Gasteiger partial charge in [0.25, 0.3) is 0 Å². The normalized spacial score (nSPS) is 17.7. The molecule has 0 fully saturated rings. The van der Waals surface area contributed by atoms with Crippen LogP contribution in [0.2, 0.25) is 0 Å². The molecule has 1 atom stereocenters. The number of hydrogen-bond donors (Lipinski definition) is 2. The molecule has 0 radical (unpaired) electrons. The largest absolute Gasteiger partial charge is 0.507 e. The van der Waals surface area contributed by atoms with Crippen molar-refractivity contribution >= 4 is 34.2 Å². The van der Waals surface area contributed by atoms with E-state index < -0.39 is 6.09 Å². The van der Waals surface area contributed by atoms with E-state index in [2.05, 4.69) is 0 Å². The third-order valence-electron chi connectivity index (χ3n) is 3.56. The van der Waals surface area contributed by atoms with Crippen LogP contribution >= 0.6 is 11.6 Å². The summed E-state index contributed by atoms with van der Waals surface area (Å²) in [5.41, 5.74) is 1.44. The summed E-state index contributed by atoms with van der Waals surface area (Å²) in [5.74, 6) is 0.403. The van der Waals surface area contributed by atoms with Crippen molar-refractivity contribution in [2.75, 3.05) is 17.3 Å². The highest BCUT2D eigenvalue weighted by Crippen LogP contribution is 2.44. The number of phenols is 1. The highest BCUT2D eigenvalue weighted by atomic mass is 35.5. The highest BCUT2D eigenvalue weighted by molar-refractivity contribution is 6.19. The van der Waals surface area contributed by atoms with E-state index in [9.17, 15) is 15.0 Å². The number of phenolic OH excluding ortho intramolecular Hbond substituents is 1. The Morgan fingerprint density at radius 3 is 2.68 bits per heavy atom. The van der Waals surface area contributed by atoms with Gasteiger partial charge in [-0.15, -0.1) is 11.6 Å². The highest BCUT2D eigenvalue weighted by Gasteiger charge is 2.34. The van der Waals surface area contributed by atoms with Gasteiger partial charge in [-0.25, -0.2) is 4.79 Å². The van der Waals surface area contributed by atoms with Crippen LogP contribution in [-0.4, -0.2) is 28.7 Å². The molecule has 0 spiro atoms. The second kappa shape index (κ2) is 4.31. The van der Waals surface area contributed by atoms with E-state index in [1.165, 1.54) is 11.0 Å². The van der Waals surface area contributed by atoms with E-state index in [4.69, 9.17) is 11.6 Å². The zero-order chi connectivity index (χ0) is 13.6. The predicted octanol–water partition coefficient (Wildman–Crippen LogP) is 3.37. The zero-order valence-corrected chi connectivity index (χ0v) is 10.8. The van der Waals surface area contributed by atoms with Crippen molar-refractivity contribution in [3.05, 3.63) is 35.9 Å². The van der Waals surface area contributed by atoms with Crippen LogP contribution in [0.4, 0.5) is 10.5 Å². The molecule has 19 heavy (non-hydrogen) atoms. The van der Waals surface area contributed by atoms with Gasteiger partial charge in [0.15, 0.2) is 0 Å². The van der Waals surface area contributed by atoms with Crippen molar-refractivity contribution in [1.29, 1.82) is 0 Å². The topological polar surface area (TPSA) is 60.8 Å². The minimum atomic E-state index is -1.02. The minimum Gasteiger partial charge on any atom is -0.507 e. The molecule has 1 aliphatic rings. The Morgan fingerprint density at radius 2 is 2.05 bits per heavy atom. The molecule has 0 bridgehead atoms. The summed E-state index contributed by atoms with van der Waals surface area (Å²) in [4.78, 5) is 12.5. The molecule has 3 rings (SSSR count). The minimum absolute atomic E-state index is 0.0433. The Labute approximate surface area is 114 Å². The molecule has 2 aromatic carbocycles. The first-order chi connectivity index (χ1) is 9.13. The monoisotopic (exact) mass is 277 g/mol. The Kier molecular flexibility index (Phi) is 2.75. The maximum atomic E-state index is 11.3. The third-order valence-corrected chi connectivity index (χ3v) is 3.93. The van der Waals surface area contributed by atoms with Crippen LogP contribution < -0.4 is 4.90 Å². The summed E-state index contributed by atoms with van der Waals surface area (Å²) < 4.78 is 0. The van der Waals surface area contributed by atoms with E-state index in [-0.39, 0.29) is 11.7 Å². The lowest BCUT2D eigenvalue weighted by Gasteiger charge is -2.14. The number of hydrogen-bond acceptors (Lipinski definition) is 2. The number of rotatable bonds is 1. The van der Waals surface area contributed by atoms with Crippen LogP contribution in [0.25, 0.3) is 10.8 Å². The van der Waals surface area contributed by atoms with Gasteiger partial charge in [0, 0.05) is 29.8 Å². The average Bonchev–Trinajstić information content (AvgIpc) is 2.78. The fourth-order valence-corrected chi connectivity index (χ4v) is 2.99. The molecule has 0 saturated carbocycles. The lowest BCUT2D eigenvalue weighted by atomic mass is 9.95. The van der Waals surface area contributed by atoms with Crippen LogP contribution in [0, 0.1) is 0 Å². The van der Waals surface area contributed by atoms with E-state index in [0.717, 1.165) is 16.3 Å². The van der Waals surface area contributed by atoms with E-state index in [0.29, 0.717) is 18.1 Å². The van der Waals surface area contributed by atoms with Crippen molar-refractivity contribution in [3.63, 3.8) is 0 Å². The number of halogens is 1. The number of carboxylic acid groups (broad SMARTS) is 1. The molecule has 5 heteroatoms. The number of anilines is 1. The zero-order valence-electron chi connectivity index (χ0n) is 10.0. The molecule has 4 nitrogen and oxygen atoms in total. The van der Waals surface area contributed by atoms with Crippen molar-refractivity contribution in [1.82, 2.24) is 0 Å². The van der Waals surface area contributed by atoms with Gasteiger partial charge in [0.2, 0.25) is 0 Å². The number of fused-ring (bicyclic) bond motifs is 3. The molecular formula is C14H12ClNO3. The quantitative estimate of drug-likeness (QED) is 0.786. The maximum absolute atomic E-state index is 11.3. The first kappa shape index (κ1) is 12.1. The van der Waals surface area contributed by atoms with Crippen molar-refractivity contribution in [2.24, 2.45) is 0 Å². The van der Waals surface area contributed by atoms with Gasteiger partial charge in [0.1, 0.15) is 5.75 Å². The predicted molar refractivity (Wildman–Crippen MR) is 74.4 cm³/mol. The smallest absolute Gasteiger partial charge is 0.411 e. The summed E-state index contributed by atoms with van der Waals surface area (Å²) in [5, 5.41) is 20.9. The second-order valence-corrected chi connectivity index (χ2v) is 4.93. The summed E-state index contributed by atoms with van der Waals surface area (Å²) in [6.45, 7) is 0.335. The molecule has 98 valence electrons. The summed E-state index contributed by atoms with van der Waals surface area (Å²) in [6.07, 6.45) is -1.02. The molecule has 2 aromatic rings. The summed E-state index contributed by atoms with van der Waals surface area (Å²) in [6, 6.07) is 8.93. The first-order valence-corrected chi connectivity index (χ1v) is 6.48. The van der Waals surface area contributed by atoms with Gasteiger partial charge >= 0.3 is 6.09 Å². The van der Waals surface area contributed by atoms with Crippen LogP contribution in [0.5, 0.6) is 5.75 Å². The summed E-state index contributed by atoms with van der Waals surface area (Å²) >= 11 is 5.96. The maximum Gasteiger partial charge on any atom is 0.411 e. The summed E-state index contributed by atoms with van der Waals surface area (Å²) in [7, 11) is 0. The Morgan fingerprint density at radius 1 is 1.37 bits per heavy atom. The Hall–Kier alpha value is -1.94. The molecule has 0 aromatic heterocycles.